The monoisotopic (exact) mass is 555 g/mol. The van der Waals surface area contributed by atoms with Crippen LogP contribution in [-0.2, 0) is 4.79 Å². The highest BCUT2D eigenvalue weighted by molar-refractivity contribution is 5.94. The Hall–Kier alpha value is -3.70. The lowest BCUT2D eigenvalue weighted by Crippen LogP contribution is -2.42. The van der Waals surface area contributed by atoms with Crippen molar-refractivity contribution >= 4 is 11.7 Å². The van der Waals surface area contributed by atoms with Gasteiger partial charge >= 0.3 is 0 Å². The van der Waals surface area contributed by atoms with E-state index >= 15 is 0 Å². The van der Waals surface area contributed by atoms with Gasteiger partial charge in [0.25, 0.3) is 0 Å². The van der Waals surface area contributed by atoms with E-state index in [1.165, 1.54) is 5.56 Å². The minimum absolute atomic E-state index is 0.0902. The summed E-state index contributed by atoms with van der Waals surface area (Å²) in [5.41, 5.74) is 3.76. The Morgan fingerprint density at radius 2 is 1.85 bits per heavy atom. The molecule has 0 spiro atoms. The molecule has 2 aliphatic rings. The fraction of sp³-hybridized carbons (Fsp3) is 0.515. The number of anilines is 1. The predicted molar refractivity (Wildman–Crippen MR) is 159 cm³/mol. The van der Waals surface area contributed by atoms with Crippen LogP contribution in [-0.4, -0.2) is 45.5 Å². The first kappa shape index (κ1) is 28.8. The normalized spacial score (nSPS) is 22.7. The molecule has 2 heterocycles. The molecule has 1 N–H and O–H groups in total. The lowest BCUT2D eigenvalue weighted by Gasteiger charge is -2.35. The number of hydrogen-bond acceptors (Lipinski definition) is 6. The molecule has 2 aromatic heterocycles. The highest BCUT2D eigenvalue weighted by Gasteiger charge is 2.33. The number of hydrogen-bond donors (Lipinski definition) is 1. The van der Waals surface area contributed by atoms with E-state index in [-0.39, 0.29) is 24.0 Å². The van der Waals surface area contributed by atoms with Crippen LogP contribution < -0.4 is 9.64 Å². The van der Waals surface area contributed by atoms with Crippen molar-refractivity contribution in [3.63, 3.8) is 0 Å². The molecular formula is C33H41N5O3. The molecule has 41 heavy (non-hydrogen) atoms. The highest BCUT2D eigenvalue weighted by atomic mass is 16.5. The van der Waals surface area contributed by atoms with Crippen LogP contribution in [0.4, 0.5) is 5.82 Å². The molecule has 1 aromatic carbocycles. The fourth-order valence-corrected chi connectivity index (χ4v) is 6.36. The molecule has 0 bridgehead atoms. The number of pyridine rings is 1. The molecule has 3 aromatic rings. The molecule has 0 atom stereocenters. The van der Waals surface area contributed by atoms with Gasteiger partial charge in [-0.2, -0.15) is 10.4 Å². The molecule has 0 aliphatic heterocycles. The summed E-state index contributed by atoms with van der Waals surface area (Å²) >= 11 is 0. The van der Waals surface area contributed by atoms with Gasteiger partial charge in [0.05, 0.1) is 25.0 Å². The van der Waals surface area contributed by atoms with E-state index in [0.717, 1.165) is 36.8 Å². The molecule has 0 saturated heterocycles. The molecule has 8 nitrogen and oxygen atoms in total. The zero-order chi connectivity index (χ0) is 28.9. The number of aliphatic hydroxyl groups excluding tert-OH is 1. The second-order valence-electron chi connectivity index (χ2n) is 11.9. The van der Waals surface area contributed by atoms with Gasteiger partial charge in [-0.3, -0.25) is 14.4 Å². The van der Waals surface area contributed by atoms with Crippen LogP contribution in [0.1, 0.15) is 88.3 Å². The lowest BCUT2D eigenvalue weighted by molar-refractivity contribution is -0.124. The molecule has 2 saturated carbocycles. The van der Waals surface area contributed by atoms with Gasteiger partial charge in [0.15, 0.2) is 0 Å². The summed E-state index contributed by atoms with van der Waals surface area (Å²) in [6.45, 7) is 4.84. The molecule has 0 radical (unpaired) electrons. The van der Waals surface area contributed by atoms with Gasteiger partial charge in [0, 0.05) is 36.5 Å². The number of nitrogens with zero attached hydrogens (tertiary/aromatic N) is 5. The molecule has 5 rings (SSSR count). The van der Waals surface area contributed by atoms with E-state index in [0.29, 0.717) is 61.2 Å². The zero-order valence-electron chi connectivity index (χ0n) is 24.4. The van der Waals surface area contributed by atoms with Crippen molar-refractivity contribution in [1.82, 2.24) is 14.8 Å². The van der Waals surface area contributed by atoms with Gasteiger partial charge < -0.3 is 9.84 Å². The fourth-order valence-electron chi connectivity index (χ4n) is 6.36. The molecule has 0 unspecified atom stereocenters. The van der Waals surface area contributed by atoms with Crippen LogP contribution >= 0.6 is 0 Å². The van der Waals surface area contributed by atoms with E-state index < -0.39 is 0 Å². The Balaban J connectivity index is 1.34. The largest absolute Gasteiger partial charge is 0.495 e. The number of carbonyl (C=O) groups is 1. The lowest BCUT2D eigenvalue weighted by atomic mass is 9.78. The van der Waals surface area contributed by atoms with Crippen LogP contribution in [0.25, 0.3) is 11.1 Å². The Labute approximate surface area is 243 Å². The van der Waals surface area contributed by atoms with Crippen LogP contribution in [0.15, 0.2) is 48.9 Å². The quantitative estimate of drug-likeness (QED) is 0.352. The Morgan fingerprint density at radius 1 is 1.10 bits per heavy atom. The van der Waals surface area contributed by atoms with Crippen LogP contribution in [0.3, 0.4) is 0 Å². The van der Waals surface area contributed by atoms with Crippen LogP contribution in [0, 0.1) is 23.2 Å². The molecular weight excluding hydrogens is 514 g/mol. The Kier molecular flexibility index (Phi) is 9.04. The van der Waals surface area contributed by atoms with Crippen molar-refractivity contribution < 1.29 is 14.6 Å². The molecule has 216 valence electrons. The van der Waals surface area contributed by atoms with Gasteiger partial charge in [-0.05, 0) is 112 Å². The highest BCUT2D eigenvalue weighted by Crippen LogP contribution is 2.39. The van der Waals surface area contributed by atoms with Crippen LogP contribution in [0.2, 0.25) is 0 Å². The predicted octanol–water partition coefficient (Wildman–Crippen LogP) is 6.26. The number of nitriles is 1. The summed E-state index contributed by atoms with van der Waals surface area (Å²) < 4.78 is 7.26. The van der Waals surface area contributed by atoms with Crippen LogP contribution in [0.5, 0.6) is 5.75 Å². The number of carbonyl (C=O) groups excluding carboxylic acids is 1. The van der Waals surface area contributed by atoms with Crippen molar-refractivity contribution in [3.05, 3.63) is 60.0 Å². The van der Waals surface area contributed by atoms with E-state index in [9.17, 15) is 15.2 Å². The maximum atomic E-state index is 14.0. The number of rotatable bonds is 8. The van der Waals surface area contributed by atoms with E-state index in [1.54, 1.807) is 13.3 Å². The van der Waals surface area contributed by atoms with E-state index in [4.69, 9.17) is 4.74 Å². The standard InChI is InChI=1S/C33H41N5O3/c1-22(2)38-21-29(19-36-38)27-14-15-35-32(17-27)37(33(40)25-8-11-30(39)12-9-25)20-23-4-6-24(7-5-23)26-10-13-31(41-3)28(16-26)18-34/h10,13-17,19,21-25,30,39H,4-9,11-12,20H2,1-3H3/t23?,24?,25-,30+. The SMILES string of the molecule is COc1ccc(C2CCC(CN(c3cc(-c4cnn(C(C)C)c4)ccn3)C(=O)[C@H]3CC[C@@H](O)CC3)CC2)cc1C#N. The summed E-state index contributed by atoms with van der Waals surface area (Å²) in [5.74, 6) is 2.09. The maximum absolute atomic E-state index is 14.0. The number of aliphatic hydroxyl groups is 1. The molecule has 8 heteroatoms. The number of benzene rings is 1. The summed E-state index contributed by atoms with van der Waals surface area (Å²) in [7, 11) is 1.59. The molecule has 2 fully saturated rings. The summed E-state index contributed by atoms with van der Waals surface area (Å²) in [6.07, 6.45) is 12.2. The van der Waals surface area contributed by atoms with Crippen molar-refractivity contribution in [2.24, 2.45) is 11.8 Å². The third kappa shape index (κ3) is 6.62. The number of methoxy groups -OCH3 is 1. The second kappa shape index (κ2) is 12.9. The third-order valence-corrected chi connectivity index (χ3v) is 8.90. The smallest absolute Gasteiger partial charge is 0.231 e. The molecule has 1 amide bonds. The summed E-state index contributed by atoms with van der Waals surface area (Å²) in [6, 6.07) is 12.4. The Bertz CT molecular complexity index is 1380. The summed E-state index contributed by atoms with van der Waals surface area (Å²) in [4.78, 5) is 20.6. The minimum Gasteiger partial charge on any atom is -0.495 e. The first-order chi connectivity index (χ1) is 19.9. The zero-order valence-corrected chi connectivity index (χ0v) is 24.4. The average molecular weight is 556 g/mol. The first-order valence-electron chi connectivity index (χ1n) is 14.9. The minimum atomic E-state index is -0.304. The van der Waals surface area contributed by atoms with Crippen molar-refractivity contribution in [3.8, 4) is 22.9 Å². The van der Waals surface area contributed by atoms with Crippen molar-refractivity contribution in [2.45, 2.75) is 83.3 Å². The Morgan fingerprint density at radius 3 is 2.51 bits per heavy atom. The van der Waals surface area contributed by atoms with E-state index in [1.807, 2.05) is 46.2 Å². The average Bonchev–Trinajstić information content (AvgIpc) is 3.51. The van der Waals surface area contributed by atoms with Gasteiger partial charge in [-0.15, -0.1) is 0 Å². The van der Waals surface area contributed by atoms with Crippen molar-refractivity contribution in [1.29, 1.82) is 5.26 Å². The molecule has 2 aliphatic carbocycles. The topological polar surface area (TPSA) is 104 Å². The van der Waals surface area contributed by atoms with E-state index in [2.05, 4.69) is 36.1 Å². The first-order valence-corrected chi connectivity index (χ1v) is 14.9. The van der Waals surface area contributed by atoms with Crippen molar-refractivity contribution in [2.75, 3.05) is 18.6 Å². The number of ether oxygens (including phenoxy) is 1. The van der Waals surface area contributed by atoms with Gasteiger partial charge in [0.2, 0.25) is 5.91 Å². The number of amides is 1. The number of aromatic nitrogens is 3. The second-order valence-corrected chi connectivity index (χ2v) is 11.9. The summed E-state index contributed by atoms with van der Waals surface area (Å²) in [5, 5.41) is 24.1. The van der Waals surface area contributed by atoms with Gasteiger partial charge in [-0.25, -0.2) is 4.98 Å². The van der Waals surface area contributed by atoms with Gasteiger partial charge in [0.1, 0.15) is 17.6 Å². The third-order valence-electron chi connectivity index (χ3n) is 8.90. The maximum Gasteiger partial charge on any atom is 0.231 e. The van der Waals surface area contributed by atoms with Gasteiger partial charge in [-0.1, -0.05) is 6.07 Å².